The number of aliphatic carboxylic acids is 1. The van der Waals surface area contributed by atoms with E-state index in [1.807, 2.05) is 0 Å². The Morgan fingerprint density at radius 3 is 1.08 bits per heavy atom. The third-order valence-electron chi connectivity index (χ3n) is 5.21. The molecular weight excluding hydrogens is 320 g/mol. The molecule has 0 aliphatic rings. The molecule has 26 heavy (non-hydrogen) atoms. The van der Waals surface area contributed by atoms with Crippen molar-refractivity contribution in [3.8, 4) is 12.3 Å². The van der Waals surface area contributed by atoms with Crippen LogP contribution in [0, 0.1) is 12.3 Å². The van der Waals surface area contributed by atoms with Crippen molar-refractivity contribution in [2.45, 2.75) is 135 Å². The first-order valence-electron chi connectivity index (χ1n) is 11.4. The van der Waals surface area contributed by atoms with Crippen molar-refractivity contribution in [3.05, 3.63) is 0 Å². The van der Waals surface area contributed by atoms with Gasteiger partial charge in [0.05, 0.1) is 0 Å². The van der Waals surface area contributed by atoms with E-state index in [2.05, 4.69) is 5.92 Å². The molecule has 0 radical (unpaired) electrons. The summed E-state index contributed by atoms with van der Waals surface area (Å²) in [7, 11) is 0. The second kappa shape index (κ2) is 22.1. The minimum atomic E-state index is -0.656. The zero-order valence-corrected chi connectivity index (χ0v) is 17.3. The molecule has 0 fully saturated rings. The summed E-state index contributed by atoms with van der Waals surface area (Å²) < 4.78 is 0. The molecule has 0 aliphatic carbocycles. The van der Waals surface area contributed by atoms with Crippen LogP contribution in [0.25, 0.3) is 0 Å². The average Bonchev–Trinajstić information content (AvgIpc) is 2.62. The first-order valence-corrected chi connectivity index (χ1v) is 11.4. The minimum Gasteiger partial charge on any atom is -0.481 e. The van der Waals surface area contributed by atoms with Crippen molar-refractivity contribution in [1.29, 1.82) is 0 Å². The zero-order valence-electron chi connectivity index (χ0n) is 17.3. The van der Waals surface area contributed by atoms with E-state index in [4.69, 9.17) is 11.5 Å². The van der Waals surface area contributed by atoms with Gasteiger partial charge in [-0.15, -0.1) is 12.3 Å². The van der Waals surface area contributed by atoms with Crippen LogP contribution in [0.1, 0.15) is 135 Å². The molecule has 0 bridgehead atoms. The van der Waals surface area contributed by atoms with Crippen LogP contribution in [-0.2, 0) is 4.79 Å². The van der Waals surface area contributed by atoms with Gasteiger partial charge < -0.3 is 5.11 Å². The summed E-state index contributed by atoms with van der Waals surface area (Å²) in [4.78, 5) is 10.4. The van der Waals surface area contributed by atoms with Crippen molar-refractivity contribution in [2.75, 3.05) is 0 Å². The Kier molecular flexibility index (Phi) is 21.2. The Balaban J connectivity index is 2.99. The fourth-order valence-electron chi connectivity index (χ4n) is 3.51. The van der Waals surface area contributed by atoms with Gasteiger partial charge in [-0.25, -0.2) is 0 Å². The molecule has 0 aromatic rings. The van der Waals surface area contributed by atoms with Gasteiger partial charge in [-0.2, -0.15) is 0 Å². The summed E-state index contributed by atoms with van der Waals surface area (Å²) in [5.74, 6) is 2.06. The molecule has 0 aromatic carbocycles. The van der Waals surface area contributed by atoms with Crippen LogP contribution in [-0.4, -0.2) is 11.1 Å². The fourth-order valence-corrected chi connectivity index (χ4v) is 3.51. The van der Waals surface area contributed by atoms with Gasteiger partial charge in [0.1, 0.15) is 0 Å². The summed E-state index contributed by atoms with van der Waals surface area (Å²) in [6.45, 7) is 0. The van der Waals surface area contributed by atoms with E-state index in [1.54, 1.807) is 0 Å². The topological polar surface area (TPSA) is 37.3 Å². The summed E-state index contributed by atoms with van der Waals surface area (Å²) in [5, 5.41) is 8.57. The smallest absolute Gasteiger partial charge is 0.303 e. The number of hydrogen-bond acceptors (Lipinski definition) is 1. The van der Waals surface area contributed by atoms with Gasteiger partial charge in [-0.05, 0) is 12.8 Å². The summed E-state index contributed by atoms with van der Waals surface area (Å²) in [5.41, 5.74) is 0. The lowest BCUT2D eigenvalue weighted by Crippen LogP contribution is -1.93. The van der Waals surface area contributed by atoms with Crippen LogP contribution in [0.15, 0.2) is 0 Å². The van der Waals surface area contributed by atoms with Gasteiger partial charge in [-0.1, -0.05) is 109 Å². The van der Waals surface area contributed by atoms with Crippen molar-refractivity contribution in [3.63, 3.8) is 0 Å². The van der Waals surface area contributed by atoms with E-state index in [0.717, 1.165) is 19.3 Å². The Bertz CT molecular complexity index is 330. The lowest BCUT2D eigenvalue weighted by atomic mass is 10.0. The van der Waals surface area contributed by atoms with Crippen molar-refractivity contribution in [1.82, 2.24) is 0 Å². The van der Waals surface area contributed by atoms with E-state index in [-0.39, 0.29) is 0 Å². The number of terminal acetylenes is 1. The predicted molar refractivity (Wildman–Crippen MR) is 113 cm³/mol. The normalized spacial score (nSPS) is 10.7. The fraction of sp³-hybridized carbons (Fsp3) is 0.875. The van der Waals surface area contributed by atoms with E-state index < -0.39 is 5.97 Å². The molecule has 0 amide bonds. The van der Waals surface area contributed by atoms with Crippen LogP contribution < -0.4 is 0 Å². The molecular formula is C24H44O2. The molecule has 0 saturated carbocycles. The molecule has 0 saturated heterocycles. The number of rotatable bonds is 21. The first-order chi connectivity index (χ1) is 12.8. The number of carboxylic acid groups (broad SMARTS) is 1. The Hall–Kier alpha value is -0.970. The van der Waals surface area contributed by atoms with Gasteiger partial charge in [0.15, 0.2) is 0 Å². The van der Waals surface area contributed by atoms with Crippen LogP contribution in [0.3, 0.4) is 0 Å². The molecule has 0 unspecified atom stereocenters. The van der Waals surface area contributed by atoms with Crippen molar-refractivity contribution in [2.24, 2.45) is 0 Å². The molecule has 0 rings (SSSR count). The summed E-state index contributed by atoms with van der Waals surface area (Å²) >= 11 is 0. The highest BCUT2D eigenvalue weighted by Crippen LogP contribution is 2.14. The van der Waals surface area contributed by atoms with Gasteiger partial charge >= 0.3 is 5.97 Å². The number of carbonyl (C=O) groups is 1. The molecule has 0 heterocycles. The number of carboxylic acids is 1. The van der Waals surface area contributed by atoms with Crippen molar-refractivity contribution >= 4 is 5.97 Å². The number of hydrogen-bond donors (Lipinski definition) is 1. The SMILES string of the molecule is C#CCCCCCCCCCCCCCCCCCCCCCC(=O)O. The van der Waals surface area contributed by atoms with Crippen LogP contribution in [0.4, 0.5) is 0 Å². The van der Waals surface area contributed by atoms with Gasteiger partial charge in [0.25, 0.3) is 0 Å². The van der Waals surface area contributed by atoms with Crippen LogP contribution in [0.5, 0.6) is 0 Å². The maximum absolute atomic E-state index is 10.4. The zero-order chi connectivity index (χ0) is 19.1. The third-order valence-corrected chi connectivity index (χ3v) is 5.21. The molecule has 1 N–H and O–H groups in total. The first kappa shape index (κ1) is 25.0. The molecule has 152 valence electrons. The average molecular weight is 365 g/mol. The number of unbranched alkanes of at least 4 members (excludes halogenated alkanes) is 19. The molecule has 2 heteroatoms. The standard InChI is InChI=1S/C24H44O2/c1-2-3-4-5-6-7-8-9-10-11-12-13-14-15-16-17-18-19-20-21-22-23-24(25)26/h1H,3-23H2,(H,25,26). The van der Waals surface area contributed by atoms with E-state index in [1.165, 1.54) is 109 Å². The van der Waals surface area contributed by atoms with Gasteiger partial charge in [-0.3, -0.25) is 4.79 Å². The molecule has 0 aliphatic heterocycles. The maximum atomic E-state index is 10.4. The second-order valence-corrected chi connectivity index (χ2v) is 7.82. The molecule has 0 aromatic heterocycles. The highest BCUT2D eigenvalue weighted by atomic mass is 16.4. The second-order valence-electron chi connectivity index (χ2n) is 7.82. The Morgan fingerprint density at radius 2 is 0.808 bits per heavy atom. The lowest BCUT2D eigenvalue weighted by molar-refractivity contribution is -0.137. The van der Waals surface area contributed by atoms with E-state index in [9.17, 15) is 4.79 Å². The van der Waals surface area contributed by atoms with E-state index in [0.29, 0.717) is 6.42 Å². The molecule has 0 atom stereocenters. The Morgan fingerprint density at radius 1 is 0.538 bits per heavy atom. The quantitative estimate of drug-likeness (QED) is 0.166. The van der Waals surface area contributed by atoms with Gasteiger partial charge in [0.2, 0.25) is 0 Å². The lowest BCUT2D eigenvalue weighted by Gasteiger charge is -2.04. The predicted octanol–water partition coefficient (Wildman–Crippen LogP) is 7.90. The Labute approximate surface area is 163 Å². The van der Waals surface area contributed by atoms with E-state index >= 15 is 0 Å². The third kappa shape index (κ3) is 23.0. The maximum Gasteiger partial charge on any atom is 0.303 e. The van der Waals surface area contributed by atoms with Crippen LogP contribution in [0.2, 0.25) is 0 Å². The largest absolute Gasteiger partial charge is 0.481 e. The molecule has 2 nitrogen and oxygen atoms in total. The van der Waals surface area contributed by atoms with Crippen molar-refractivity contribution < 1.29 is 9.90 Å². The summed E-state index contributed by atoms with van der Waals surface area (Å²) in [6.07, 6.45) is 31.6. The monoisotopic (exact) mass is 364 g/mol. The van der Waals surface area contributed by atoms with Gasteiger partial charge in [0, 0.05) is 12.8 Å². The van der Waals surface area contributed by atoms with Crippen LogP contribution >= 0.6 is 0 Å². The molecule has 0 spiro atoms. The summed E-state index contributed by atoms with van der Waals surface area (Å²) in [6, 6.07) is 0. The highest BCUT2D eigenvalue weighted by Gasteiger charge is 1.97. The highest BCUT2D eigenvalue weighted by molar-refractivity contribution is 5.66. The minimum absolute atomic E-state index is 0.340.